The number of halogens is 3. The molecule has 1 saturated carbocycles. The summed E-state index contributed by atoms with van der Waals surface area (Å²) in [5, 5.41) is 9.09. The van der Waals surface area contributed by atoms with Gasteiger partial charge in [-0.05, 0) is 13.0 Å². The van der Waals surface area contributed by atoms with Crippen LogP contribution in [-0.4, -0.2) is 53.7 Å². The second kappa shape index (κ2) is 6.38. The molecule has 1 aromatic carbocycles. The molecular weight excluding hydrogens is 391 g/mol. The highest BCUT2D eigenvalue weighted by Crippen LogP contribution is 2.46. The van der Waals surface area contributed by atoms with Crippen molar-refractivity contribution in [3.63, 3.8) is 0 Å². The van der Waals surface area contributed by atoms with Crippen LogP contribution in [0.2, 0.25) is 0 Å². The van der Waals surface area contributed by atoms with Gasteiger partial charge in [-0.15, -0.1) is 0 Å². The number of hydrogen-bond acceptors (Lipinski definition) is 5. The molecule has 4 atom stereocenters. The average molecular weight is 411 g/mol. The summed E-state index contributed by atoms with van der Waals surface area (Å²) < 4.78 is 49.9. The van der Waals surface area contributed by atoms with E-state index >= 15 is 4.39 Å². The number of pyridine rings is 1. The maximum atomic E-state index is 15.1. The summed E-state index contributed by atoms with van der Waals surface area (Å²) in [4.78, 5) is 25.5. The fraction of sp³-hybridized carbons (Fsp3) is 0.474. The first kappa shape index (κ1) is 19.6. The third kappa shape index (κ3) is 2.93. The van der Waals surface area contributed by atoms with E-state index in [0.717, 1.165) is 12.3 Å². The topological polar surface area (TPSA) is 97.8 Å². The predicted octanol–water partition coefficient (Wildman–Crippen LogP) is 2.01. The largest absolute Gasteiger partial charge is 0.492 e. The first-order chi connectivity index (χ1) is 13.6. The van der Waals surface area contributed by atoms with Gasteiger partial charge in [0.1, 0.15) is 23.6 Å². The molecule has 0 radical (unpaired) electrons. The summed E-state index contributed by atoms with van der Waals surface area (Å²) in [6.45, 7) is 1.33. The number of fused-ring (bicyclic) bond motifs is 1. The van der Waals surface area contributed by atoms with Crippen LogP contribution in [0.15, 0.2) is 17.1 Å². The highest BCUT2D eigenvalue weighted by atomic mass is 19.1. The number of alkyl halides is 2. The van der Waals surface area contributed by atoms with Gasteiger partial charge in [0.15, 0.2) is 11.6 Å². The summed E-state index contributed by atoms with van der Waals surface area (Å²) in [6.07, 6.45) is -1.46. The van der Waals surface area contributed by atoms with E-state index in [1.54, 1.807) is 0 Å². The molecule has 0 bridgehead atoms. The van der Waals surface area contributed by atoms with Gasteiger partial charge >= 0.3 is 5.97 Å². The van der Waals surface area contributed by atoms with Gasteiger partial charge < -0.3 is 25.0 Å². The van der Waals surface area contributed by atoms with Crippen molar-refractivity contribution >= 4 is 22.6 Å². The number of carboxylic acid groups (broad SMARTS) is 1. The van der Waals surface area contributed by atoms with Crippen LogP contribution in [0.25, 0.3) is 10.9 Å². The van der Waals surface area contributed by atoms with Crippen LogP contribution in [0.1, 0.15) is 29.7 Å². The summed E-state index contributed by atoms with van der Waals surface area (Å²) in [5.41, 5.74) is 3.21. The normalized spacial score (nSPS) is 28.8. The van der Waals surface area contributed by atoms with Gasteiger partial charge in [0.2, 0.25) is 5.43 Å². The molecular formula is C19H20F3N3O4. The van der Waals surface area contributed by atoms with Crippen LogP contribution in [0.5, 0.6) is 5.75 Å². The first-order valence-corrected chi connectivity index (χ1v) is 9.07. The summed E-state index contributed by atoms with van der Waals surface area (Å²) >= 11 is 0. The number of carbonyl (C=O) groups is 1. The minimum absolute atomic E-state index is 0.000437. The molecule has 0 spiro atoms. The maximum absolute atomic E-state index is 15.1. The molecule has 7 nitrogen and oxygen atoms in total. The number of nitrogens with zero attached hydrogens (tertiary/aromatic N) is 2. The lowest BCUT2D eigenvalue weighted by Gasteiger charge is -2.25. The van der Waals surface area contributed by atoms with Crippen LogP contribution in [-0.2, 0) is 0 Å². The number of benzene rings is 1. The van der Waals surface area contributed by atoms with E-state index in [1.807, 2.05) is 0 Å². The number of aromatic carboxylic acids is 1. The van der Waals surface area contributed by atoms with E-state index in [2.05, 4.69) is 0 Å². The monoisotopic (exact) mass is 411 g/mol. The van der Waals surface area contributed by atoms with Crippen molar-refractivity contribution in [2.24, 2.45) is 5.73 Å². The summed E-state index contributed by atoms with van der Waals surface area (Å²) in [6, 6.07) is 0.198. The minimum Gasteiger partial charge on any atom is -0.492 e. The number of anilines is 1. The predicted molar refractivity (Wildman–Crippen MR) is 99.9 cm³/mol. The van der Waals surface area contributed by atoms with Gasteiger partial charge in [-0.2, -0.15) is 0 Å². The Morgan fingerprint density at radius 1 is 1.41 bits per heavy atom. The molecule has 2 aliphatic rings. The second-order valence-corrected chi connectivity index (χ2v) is 7.89. The average Bonchev–Trinajstić information content (AvgIpc) is 3.29. The Hall–Kier alpha value is -2.75. The molecule has 1 saturated heterocycles. The van der Waals surface area contributed by atoms with Crippen LogP contribution in [0.3, 0.4) is 0 Å². The van der Waals surface area contributed by atoms with Crippen molar-refractivity contribution < 1.29 is 27.8 Å². The molecule has 2 fully saturated rings. The third-order valence-corrected chi connectivity index (χ3v) is 5.62. The smallest absolute Gasteiger partial charge is 0.341 e. The number of nitrogens with two attached hydrogens (primary N) is 1. The Labute approximate surface area is 163 Å². The van der Waals surface area contributed by atoms with E-state index in [1.165, 1.54) is 23.5 Å². The van der Waals surface area contributed by atoms with Crippen LogP contribution in [0, 0.1) is 5.82 Å². The molecule has 2 aromatic rings. The van der Waals surface area contributed by atoms with Crippen LogP contribution in [0.4, 0.5) is 18.9 Å². The van der Waals surface area contributed by atoms with Crippen molar-refractivity contribution in [2.45, 2.75) is 37.3 Å². The Morgan fingerprint density at radius 3 is 2.55 bits per heavy atom. The Bertz CT molecular complexity index is 1080. The Kier molecular flexibility index (Phi) is 4.30. The van der Waals surface area contributed by atoms with Crippen molar-refractivity contribution in [3.8, 4) is 5.75 Å². The number of methoxy groups -OCH3 is 1. The highest BCUT2D eigenvalue weighted by Gasteiger charge is 2.44. The molecule has 1 aliphatic carbocycles. The van der Waals surface area contributed by atoms with Crippen molar-refractivity contribution in [1.29, 1.82) is 0 Å². The molecule has 29 heavy (non-hydrogen) atoms. The zero-order valence-electron chi connectivity index (χ0n) is 15.8. The van der Waals surface area contributed by atoms with Gasteiger partial charge in [0, 0.05) is 19.2 Å². The molecule has 4 rings (SSSR count). The molecule has 156 valence electrons. The lowest BCUT2D eigenvalue weighted by molar-refractivity contribution is 0.0694. The van der Waals surface area contributed by atoms with E-state index in [9.17, 15) is 23.5 Å². The summed E-state index contributed by atoms with van der Waals surface area (Å²) in [5.74, 6) is -2.46. The van der Waals surface area contributed by atoms with Crippen molar-refractivity contribution in [1.82, 2.24) is 4.57 Å². The van der Waals surface area contributed by atoms with E-state index in [4.69, 9.17) is 10.5 Å². The van der Waals surface area contributed by atoms with E-state index in [0.29, 0.717) is 0 Å². The zero-order chi connectivity index (χ0) is 21.2. The second-order valence-electron chi connectivity index (χ2n) is 7.89. The number of hydrogen-bond donors (Lipinski definition) is 2. The minimum atomic E-state index is -1.50. The molecule has 3 N–H and O–H groups in total. The first-order valence-electron chi connectivity index (χ1n) is 9.07. The van der Waals surface area contributed by atoms with Gasteiger partial charge in [-0.25, -0.2) is 18.0 Å². The third-order valence-electron chi connectivity index (χ3n) is 5.62. The fourth-order valence-electron chi connectivity index (χ4n) is 3.93. The summed E-state index contributed by atoms with van der Waals surface area (Å²) in [7, 11) is 1.25. The van der Waals surface area contributed by atoms with Crippen LogP contribution >= 0.6 is 0 Å². The molecule has 0 amide bonds. The zero-order valence-corrected chi connectivity index (χ0v) is 15.8. The van der Waals surface area contributed by atoms with Gasteiger partial charge in [0.05, 0.1) is 36.1 Å². The number of aromatic nitrogens is 1. The quantitative estimate of drug-likeness (QED) is 0.799. The van der Waals surface area contributed by atoms with Crippen LogP contribution < -0.4 is 20.8 Å². The van der Waals surface area contributed by atoms with Gasteiger partial charge in [-0.3, -0.25) is 4.79 Å². The highest BCUT2D eigenvalue weighted by molar-refractivity contribution is 5.97. The van der Waals surface area contributed by atoms with Gasteiger partial charge in [-0.1, -0.05) is 0 Å². The Balaban J connectivity index is 2.03. The lowest BCUT2D eigenvalue weighted by atomic mass is 10.0. The lowest BCUT2D eigenvalue weighted by Crippen LogP contribution is -2.45. The SMILES string of the molecule is COc1c(N2CC(F)C(C)(N)C2)c(F)cc2c(=O)c(C(=O)O)cn(C3CC3F)c12. The number of carboxylic acids is 1. The number of rotatable bonds is 4. The van der Waals surface area contributed by atoms with Gasteiger partial charge in [0.25, 0.3) is 0 Å². The molecule has 2 heterocycles. The van der Waals surface area contributed by atoms with Crippen molar-refractivity contribution in [3.05, 3.63) is 33.9 Å². The molecule has 1 aromatic heterocycles. The molecule has 10 heteroatoms. The van der Waals surface area contributed by atoms with E-state index < -0.39 is 46.7 Å². The van der Waals surface area contributed by atoms with E-state index in [-0.39, 0.29) is 41.9 Å². The molecule has 4 unspecified atom stereocenters. The van der Waals surface area contributed by atoms with Crippen molar-refractivity contribution in [2.75, 3.05) is 25.1 Å². The maximum Gasteiger partial charge on any atom is 0.341 e. The standard InChI is InChI=1S/C19H20F3N3O4/c1-19(23)7-24(6-13(19)22)15-11(21)3-8-14(17(15)29-2)25(12-4-10(12)20)5-9(16(8)26)18(27)28/h3,5,10,12-13H,4,6-7,23H2,1-2H3,(H,27,28). The Morgan fingerprint density at radius 2 is 2.07 bits per heavy atom. The molecule has 1 aliphatic heterocycles. The number of ether oxygens (including phenoxy) is 1. The fourth-order valence-corrected chi connectivity index (χ4v) is 3.93.